The van der Waals surface area contributed by atoms with Gasteiger partial charge in [-0.1, -0.05) is 18.9 Å². The molecule has 2 aromatic rings. The number of rotatable bonds is 5. The smallest absolute Gasteiger partial charge is 0.134 e. The Labute approximate surface area is 125 Å². The summed E-state index contributed by atoms with van der Waals surface area (Å²) in [4.78, 5) is 4.52. The highest BCUT2D eigenvalue weighted by Gasteiger charge is 2.24. The zero-order chi connectivity index (χ0) is 14.7. The van der Waals surface area contributed by atoms with E-state index in [0.29, 0.717) is 18.5 Å². The lowest BCUT2D eigenvalue weighted by molar-refractivity contribution is 0.415. The number of hydrogen-bond donors (Lipinski definition) is 2. The molecule has 0 spiro atoms. The van der Waals surface area contributed by atoms with Crippen LogP contribution in [0.3, 0.4) is 0 Å². The second-order valence-electron chi connectivity index (χ2n) is 5.78. The van der Waals surface area contributed by atoms with E-state index < -0.39 is 0 Å². The van der Waals surface area contributed by atoms with Gasteiger partial charge in [0.2, 0.25) is 0 Å². The van der Waals surface area contributed by atoms with Gasteiger partial charge in [-0.3, -0.25) is 0 Å². The number of methoxy groups -OCH3 is 1. The number of benzene rings is 1. The van der Waals surface area contributed by atoms with Gasteiger partial charge in [0.1, 0.15) is 11.6 Å². The molecule has 1 unspecified atom stereocenters. The van der Waals surface area contributed by atoms with Crippen LogP contribution >= 0.6 is 0 Å². The Morgan fingerprint density at radius 1 is 1.33 bits per heavy atom. The molecule has 0 radical (unpaired) electrons. The fourth-order valence-electron chi connectivity index (χ4n) is 3.29. The van der Waals surface area contributed by atoms with Crippen LogP contribution < -0.4 is 15.8 Å². The maximum Gasteiger partial charge on any atom is 0.134 e. The Morgan fingerprint density at radius 2 is 2.14 bits per heavy atom. The summed E-state index contributed by atoms with van der Waals surface area (Å²) in [7, 11) is 1.69. The predicted molar refractivity (Wildman–Crippen MR) is 86.7 cm³/mol. The van der Waals surface area contributed by atoms with Gasteiger partial charge in [0.05, 0.1) is 7.11 Å². The van der Waals surface area contributed by atoms with Gasteiger partial charge in [0.15, 0.2) is 0 Å². The normalized spacial score (nSPS) is 17.0. The molecule has 1 fully saturated rings. The highest BCUT2D eigenvalue weighted by atomic mass is 16.5. The van der Waals surface area contributed by atoms with Crippen molar-refractivity contribution in [2.75, 3.05) is 19.0 Å². The van der Waals surface area contributed by atoms with Gasteiger partial charge >= 0.3 is 0 Å². The van der Waals surface area contributed by atoms with Gasteiger partial charge < -0.3 is 15.8 Å². The molecule has 1 atom stereocenters. The monoisotopic (exact) mass is 285 g/mol. The minimum absolute atomic E-state index is 0.303. The van der Waals surface area contributed by atoms with Gasteiger partial charge in [-0.05, 0) is 42.3 Å². The lowest BCUT2D eigenvalue weighted by Gasteiger charge is -2.24. The number of ether oxygens (including phenoxy) is 1. The summed E-state index contributed by atoms with van der Waals surface area (Å²) in [5.74, 6) is 2.43. The Bertz CT molecular complexity index is 608. The summed E-state index contributed by atoms with van der Waals surface area (Å²) in [5, 5.41) is 5.83. The molecule has 1 aliphatic rings. The number of fused-ring (bicyclic) bond motifs is 1. The van der Waals surface area contributed by atoms with Gasteiger partial charge in [0, 0.05) is 24.2 Å². The highest BCUT2D eigenvalue weighted by molar-refractivity contribution is 5.92. The number of anilines is 1. The van der Waals surface area contributed by atoms with Crippen molar-refractivity contribution in [1.29, 1.82) is 0 Å². The Kier molecular flexibility index (Phi) is 4.25. The molecule has 3 N–H and O–H groups in total. The average molecular weight is 285 g/mol. The first-order valence-electron chi connectivity index (χ1n) is 7.71. The molecule has 1 aromatic carbocycles. The predicted octanol–water partition coefficient (Wildman–Crippen LogP) is 3.17. The van der Waals surface area contributed by atoms with Gasteiger partial charge in [-0.15, -0.1) is 0 Å². The lowest BCUT2D eigenvalue weighted by Crippen LogP contribution is -2.35. The minimum atomic E-state index is 0.303. The van der Waals surface area contributed by atoms with Crippen molar-refractivity contribution in [3.05, 3.63) is 30.5 Å². The summed E-state index contributed by atoms with van der Waals surface area (Å²) in [6.45, 7) is 0.646. The second-order valence-corrected chi connectivity index (χ2v) is 5.78. The molecule has 0 amide bonds. The topological polar surface area (TPSA) is 60.2 Å². The van der Waals surface area contributed by atoms with E-state index in [1.54, 1.807) is 7.11 Å². The van der Waals surface area contributed by atoms with Crippen LogP contribution in [-0.4, -0.2) is 24.7 Å². The standard InChI is InChI=1S/C17H23N3O/c1-21-14-7-6-12-8-9-19-17(15(12)10-14)20-16(11-18)13-4-2-3-5-13/h6-10,13,16H,2-5,11,18H2,1H3,(H,19,20). The van der Waals surface area contributed by atoms with Crippen molar-refractivity contribution >= 4 is 16.6 Å². The zero-order valence-electron chi connectivity index (χ0n) is 12.5. The lowest BCUT2D eigenvalue weighted by atomic mass is 9.98. The molecule has 0 bridgehead atoms. The van der Waals surface area contributed by atoms with E-state index in [1.807, 2.05) is 24.4 Å². The van der Waals surface area contributed by atoms with E-state index in [9.17, 15) is 0 Å². The van der Waals surface area contributed by atoms with Gasteiger partial charge in [-0.2, -0.15) is 0 Å². The first-order valence-corrected chi connectivity index (χ1v) is 7.71. The molecule has 1 heterocycles. The van der Waals surface area contributed by atoms with Crippen molar-refractivity contribution < 1.29 is 4.74 Å². The first kappa shape index (κ1) is 14.1. The number of nitrogens with two attached hydrogens (primary N) is 1. The van der Waals surface area contributed by atoms with E-state index in [1.165, 1.54) is 25.7 Å². The zero-order valence-corrected chi connectivity index (χ0v) is 12.5. The van der Waals surface area contributed by atoms with Crippen LogP contribution in [0.5, 0.6) is 5.75 Å². The van der Waals surface area contributed by atoms with Crippen molar-refractivity contribution in [3.8, 4) is 5.75 Å². The average Bonchev–Trinajstić information content (AvgIpc) is 3.06. The van der Waals surface area contributed by atoms with Crippen molar-refractivity contribution in [1.82, 2.24) is 4.98 Å². The molecule has 112 valence electrons. The summed E-state index contributed by atoms with van der Waals surface area (Å²) in [6.07, 6.45) is 7.02. The van der Waals surface area contributed by atoms with E-state index in [-0.39, 0.29) is 0 Å². The van der Waals surface area contributed by atoms with E-state index in [2.05, 4.69) is 16.4 Å². The van der Waals surface area contributed by atoms with E-state index in [0.717, 1.165) is 22.3 Å². The number of pyridine rings is 1. The van der Waals surface area contributed by atoms with E-state index in [4.69, 9.17) is 10.5 Å². The molecule has 0 aliphatic heterocycles. The van der Waals surface area contributed by atoms with Crippen molar-refractivity contribution in [2.45, 2.75) is 31.7 Å². The van der Waals surface area contributed by atoms with Crippen molar-refractivity contribution in [3.63, 3.8) is 0 Å². The molecule has 1 saturated carbocycles. The first-order chi connectivity index (χ1) is 10.3. The third-order valence-corrected chi connectivity index (χ3v) is 4.52. The van der Waals surface area contributed by atoms with Crippen LogP contribution in [0.15, 0.2) is 30.5 Å². The molecule has 0 saturated heterocycles. The Hall–Kier alpha value is -1.81. The molecule has 21 heavy (non-hydrogen) atoms. The Balaban J connectivity index is 1.91. The molecule has 4 heteroatoms. The maximum atomic E-state index is 5.99. The number of nitrogens with zero attached hydrogens (tertiary/aromatic N) is 1. The SMILES string of the molecule is COc1ccc2ccnc(NC(CN)C3CCCC3)c2c1. The number of hydrogen-bond acceptors (Lipinski definition) is 4. The van der Waals surface area contributed by atoms with Crippen LogP contribution in [0.1, 0.15) is 25.7 Å². The van der Waals surface area contributed by atoms with Crippen LogP contribution in [-0.2, 0) is 0 Å². The van der Waals surface area contributed by atoms with Gasteiger partial charge in [-0.25, -0.2) is 4.98 Å². The summed E-state index contributed by atoms with van der Waals surface area (Å²) >= 11 is 0. The second kappa shape index (κ2) is 6.31. The third kappa shape index (κ3) is 2.95. The van der Waals surface area contributed by atoms with Gasteiger partial charge in [0.25, 0.3) is 0 Å². The molecule has 3 rings (SSSR count). The molecular formula is C17H23N3O. The summed E-state index contributed by atoms with van der Waals surface area (Å²) in [6, 6.07) is 8.40. The minimum Gasteiger partial charge on any atom is -0.497 e. The van der Waals surface area contributed by atoms with E-state index >= 15 is 0 Å². The summed E-state index contributed by atoms with van der Waals surface area (Å²) < 4.78 is 5.33. The highest BCUT2D eigenvalue weighted by Crippen LogP contribution is 2.31. The van der Waals surface area contributed by atoms with Crippen LogP contribution in [0.4, 0.5) is 5.82 Å². The molecule has 4 nitrogen and oxygen atoms in total. The molecular weight excluding hydrogens is 262 g/mol. The molecule has 1 aliphatic carbocycles. The van der Waals surface area contributed by atoms with Crippen LogP contribution in [0.25, 0.3) is 10.8 Å². The fourth-order valence-corrected chi connectivity index (χ4v) is 3.29. The van der Waals surface area contributed by atoms with Crippen LogP contribution in [0.2, 0.25) is 0 Å². The maximum absolute atomic E-state index is 5.99. The largest absolute Gasteiger partial charge is 0.497 e. The Morgan fingerprint density at radius 3 is 2.86 bits per heavy atom. The number of aromatic nitrogens is 1. The summed E-state index contributed by atoms with van der Waals surface area (Å²) in [5.41, 5.74) is 5.99. The number of nitrogens with one attached hydrogen (secondary N) is 1. The fraction of sp³-hybridized carbons (Fsp3) is 0.471. The third-order valence-electron chi connectivity index (χ3n) is 4.52. The van der Waals surface area contributed by atoms with Crippen LogP contribution in [0, 0.1) is 5.92 Å². The molecule has 1 aromatic heterocycles. The quantitative estimate of drug-likeness (QED) is 0.886. The van der Waals surface area contributed by atoms with Crippen molar-refractivity contribution in [2.24, 2.45) is 11.7 Å².